The summed E-state index contributed by atoms with van der Waals surface area (Å²) in [6, 6.07) is 16.2. The number of amides is 1. The summed E-state index contributed by atoms with van der Waals surface area (Å²) >= 11 is 7.39. The van der Waals surface area contributed by atoms with E-state index < -0.39 is 0 Å². The maximum absolute atomic E-state index is 12.3. The number of carbonyl (C=O) groups excluding carboxylic acids is 1. The van der Waals surface area contributed by atoms with Gasteiger partial charge in [0.15, 0.2) is 5.17 Å². The largest absolute Gasteiger partial charge is 0.348 e. The van der Waals surface area contributed by atoms with Crippen molar-refractivity contribution in [2.24, 2.45) is 4.99 Å². The minimum absolute atomic E-state index is 0.156. The second-order valence-corrected chi connectivity index (χ2v) is 8.56. The lowest BCUT2D eigenvalue weighted by atomic mass is 10.1. The van der Waals surface area contributed by atoms with Gasteiger partial charge in [0.2, 0.25) is 0 Å². The Morgan fingerprint density at radius 1 is 1.04 bits per heavy atom. The van der Waals surface area contributed by atoms with Gasteiger partial charge in [0, 0.05) is 37.7 Å². The highest BCUT2D eigenvalue weighted by Gasteiger charge is 2.28. The minimum Gasteiger partial charge on any atom is -0.348 e. The van der Waals surface area contributed by atoms with Crippen LogP contribution in [0, 0.1) is 6.92 Å². The number of benzene rings is 2. The summed E-state index contributed by atoms with van der Waals surface area (Å²) in [5.41, 5.74) is 3.59. The third-order valence-corrected chi connectivity index (χ3v) is 6.24. The molecule has 0 atom stereocenters. The summed E-state index contributed by atoms with van der Waals surface area (Å²) in [5.74, 6) is -0.156. The van der Waals surface area contributed by atoms with Gasteiger partial charge in [-0.2, -0.15) is 4.99 Å². The molecule has 2 aromatic rings. The normalized spacial score (nSPS) is 19.4. The smallest absolute Gasteiger partial charge is 0.286 e. The molecule has 0 radical (unpaired) electrons. The molecule has 1 saturated heterocycles. The fraction of sp³-hybridized carbons (Fsp3) is 0.273. The number of halogens is 1. The number of thioether (sulfide) groups is 1. The van der Waals surface area contributed by atoms with Crippen molar-refractivity contribution in [2.45, 2.75) is 13.5 Å². The van der Waals surface area contributed by atoms with Gasteiger partial charge in [-0.15, -0.1) is 0 Å². The number of piperazine rings is 1. The third kappa shape index (κ3) is 4.66. The SMILES string of the molecule is Cc1ccc(CN2CCN(C3=NC(=O)C(=Cc4ccc(Cl)cc4)S3)CC2)cc1. The molecule has 4 rings (SSSR count). The van der Waals surface area contributed by atoms with Gasteiger partial charge >= 0.3 is 0 Å². The van der Waals surface area contributed by atoms with E-state index in [1.165, 1.54) is 22.9 Å². The monoisotopic (exact) mass is 411 g/mol. The van der Waals surface area contributed by atoms with E-state index in [1.54, 1.807) is 0 Å². The van der Waals surface area contributed by atoms with Crippen LogP contribution in [0.15, 0.2) is 58.4 Å². The van der Waals surface area contributed by atoms with Crippen molar-refractivity contribution >= 4 is 40.5 Å². The molecule has 1 amide bonds. The summed E-state index contributed by atoms with van der Waals surface area (Å²) in [6.07, 6.45) is 1.88. The predicted molar refractivity (Wildman–Crippen MR) is 117 cm³/mol. The molecule has 0 unspecified atom stereocenters. The van der Waals surface area contributed by atoms with Crippen molar-refractivity contribution in [2.75, 3.05) is 26.2 Å². The van der Waals surface area contributed by atoms with Gasteiger partial charge in [0.05, 0.1) is 4.91 Å². The van der Waals surface area contributed by atoms with Crippen molar-refractivity contribution < 1.29 is 4.79 Å². The molecule has 28 heavy (non-hydrogen) atoms. The third-order valence-electron chi connectivity index (χ3n) is 4.95. The van der Waals surface area contributed by atoms with Gasteiger partial charge in [-0.05, 0) is 48.0 Å². The maximum atomic E-state index is 12.3. The average molecular weight is 412 g/mol. The molecule has 144 valence electrons. The summed E-state index contributed by atoms with van der Waals surface area (Å²) < 4.78 is 0. The summed E-state index contributed by atoms with van der Waals surface area (Å²) in [7, 11) is 0. The topological polar surface area (TPSA) is 35.9 Å². The second-order valence-electron chi connectivity index (χ2n) is 7.11. The molecule has 0 aliphatic carbocycles. The molecule has 2 aliphatic heterocycles. The number of amidine groups is 1. The van der Waals surface area contributed by atoms with E-state index in [0.717, 1.165) is 43.5 Å². The zero-order valence-corrected chi connectivity index (χ0v) is 17.3. The molecule has 2 aromatic carbocycles. The van der Waals surface area contributed by atoms with Crippen LogP contribution in [-0.4, -0.2) is 47.1 Å². The summed E-state index contributed by atoms with van der Waals surface area (Å²) in [6.45, 7) is 6.79. The summed E-state index contributed by atoms with van der Waals surface area (Å²) in [5, 5.41) is 1.51. The van der Waals surface area contributed by atoms with Crippen molar-refractivity contribution in [3.05, 3.63) is 75.1 Å². The van der Waals surface area contributed by atoms with Crippen LogP contribution < -0.4 is 0 Å². The Kier molecular flexibility index (Phi) is 5.85. The first kappa shape index (κ1) is 19.2. The lowest BCUT2D eigenvalue weighted by Crippen LogP contribution is -2.47. The Bertz CT molecular complexity index is 914. The highest BCUT2D eigenvalue weighted by molar-refractivity contribution is 8.18. The van der Waals surface area contributed by atoms with Crippen LogP contribution in [0.25, 0.3) is 6.08 Å². The molecular weight excluding hydrogens is 390 g/mol. The van der Waals surface area contributed by atoms with Crippen LogP contribution in [0.2, 0.25) is 5.02 Å². The quantitative estimate of drug-likeness (QED) is 0.699. The van der Waals surface area contributed by atoms with Crippen LogP contribution >= 0.6 is 23.4 Å². The fourth-order valence-corrected chi connectivity index (χ4v) is 4.38. The Labute approximate surface area is 174 Å². The number of nitrogens with zero attached hydrogens (tertiary/aromatic N) is 3. The lowest BCUT2D eigenvalue weighted by Gasteiger charge is -2.35. The molecule has 0 saturated carbocycles. The predicted octanol–water partition coefficient (Wildman–Crippen LogP) is 4.44. The van der Waals surface area contributed by atoms with E-state index in [2.05, 4.69) is 46.0 Å². The number of aryl methyl sites for hydroxylation is 1. The first-order chi connectivity index (χ1) is 13.6. The molecule has 0 aromatic heterocycles. The number of rotatable bonds is 3. The van der Waals surface area contributed by atoms with Crippen LogP contribution in [0.3, 0.4) is 0 Å². The zero-order valence-electron chi connectivity index (χ0n) is 15.8. The molecule has 4 nitrogen and oxygen atoms in total. The van der Waals surface area contributed by atoms with Gasteiger partial charge in [0.25, 0.3) is 5.91 Å². The minimum atomic E-state index is -0.156. The fourth-order valence-electron chi connectivity index (χ4n) is 3.29. The maximum Gasteiger partial charge on any atom is 0.286 e. The van der Waals surface area contributed by atoms with E-state index >= 15 is 0 Å². The van der Waals surface area contributed by atoms with Gasteiger partial charge in [0.1, 0.15) is 0 Å². The number of hydrogen-bond acceptors (Lipinski definition) is 4. The van der Waals surface area contributed by atoms with Gasteiger partial charge < -0.3 is 4.90 Å². The Hall–Kier alpha value is -2.08. The summed E-state index contributed by atoms with van der Waals surface area (Å²) in [4.78, 5) is 21.9. The average Bonchev–Trinajstić information content (AvgIpc) is 3.06. The van der Waals surface area contributed by atoms with Crippen LogP contribution in [-0.2, 0) is 11.3 Å². The van der Waals surface area contributed by atoms with Crippen LogP contribution in [0.4, 0.5) is 0 Å². The number of aliphatic imine (C=N–C) groups is 1. The molecular formula is C22H22ClN3OS. The van der Waals surface area contributed by atoms with E-state index in [9.17, 15) is 4.79 Å². The molecule has 2 heterocycles. The molecule has 0 N–H and O–H groups in total. The Morgan fingerprint density at radius 2 is 1.71 bits per heavy atom. The van der Waals surface area contributed by atoms with Gasteiger partial charge in [-0.25, -0.2) is 0 Å². The van der Waals surface area contributed by atoms with Crippen molar-refractivity contribution in [1.29, 1.82) is 0 Å². The first-order valence-corrected chi connectivity index (χ1v) is 10.6. The van der Waals surface area contributed by atoms with Crippen molar-refractivity contribution in [1.82, 2.24) is 9.80 Å². The zero-order chi connectivity index (χ0) is 19.5. The van der Waals surface area contributed by atoms with Gasteiger partial charge in [-0.1, -0.05) is 53.6 Å². The molecule has 1 fully saturated rings. The molecule has 0 spiro atoms. The van der Waals surface area contributed by atoms with E-state index in [-0.39, 0.29) is 5.91 Å². The molecule has 6 heteroatoms. The van der Waals surface area contributed by atoms with Crippen LogP contribution in [0.1, 0.15) is 16.7 Å². The van der Waals surface area contributed by atoms with Crippen molar-refractivity contribution in [3.8, 4) is 0 Å². The highest BCUT2D eigenvalue weighted by Crippen LogP contribution is 2.31. The van der Waals surface area contributed by atoms with E-state index in [1.807, 2.05) is 30.3 Å². The first-order valence-electron chi connectivity index (χ1n) is 9.38. The van der Waals surface area contributed by atoms with Gasteiger partial charge in [-0.3, -0.25) is 9.69 Å². The van der Waals surface area contributed by atoms with Crippen molar-refractivity contribution in [3.63, 3.8) is 0 Å². The van der Waals surface area contributed by atoms with Crippen LogP contribution in [0.5, 0.6) is 0 Å². The Balaban J connectivity index is 1.33. The standard InChI is InChI=1S/C22H22ClN3OS/c1-16-2-4-18(5-3-16)15-25-10-12-26(13-11-25)22-24-21(27)20(28-22)14-17-6-8-19(23)9-7-17/h2-9,14H,10-13,15H2,1H3. The highest BCUT2D eigenvalue weighted by atomic mass is 35.5. The molecule has 2 aliphatic rings. The number of hydrogen-bond donors (Lipinski definition) is 0. The lowest BCUT2D eigenvalue weighted by molar-refractivity contribution is -0.113. The van der Waals surface area contributed by atoms with E-state index in [0.29, 0.717) is 9.93 Å². The molecule has 0 bridgehead atoms. The second kappa shape index (κ2) is 8.52. The van der Waals surface area contributed by atoms with E-state index in [4.69, 9.17) is 11.6 Å². The Morgan fingerprint density at radius 3 is 2.39 bits per heavy atom. The number of carbonyl (C=O) groups is 1.